The zero-order chi connectivity index (χ0) is 24.1. The Morgan fingerprint density at radius 1 is 0.824 bits per heavy atom. The molecule has 0 fully saturated rings. The average Bonchev–Trinajstić information content (AvgIpc) is 2.83. The number of para-hydroxylation sites is 1. The highest BCUT2D eigenvalue weighted by molar-refractivity contribution is 7.92. The lowest BCUT2D eigenvalue weighted by Crippen LogP contribution is -2.15. The van der Waals surface area contributed by atoms with Crippen LogP contribution >= 0.6 is 11.6 Å². The van der Waals surface area contributed by atoms with Crippen LogP contribution in [0.15, 0.2) is 102 Å². The van der Waals surface area contributed by atoms with Gasteiger partial charge < -0.3 is 10.1 Å². The van der Waals surface area contributed by atoms with E-state index in [2.05, 4.69) is 10.0 Å². The molecule has 34 heavy (non-hydrogen) atoms. The van der Waals surface area contributed by atoms with Crippen molar-refractivity contribution in [2.45, 2.75) is 11.8 Å². The lowest BCUT2D eigenvalue weighted by Gasteiger charge is -2.14. The van der Waals surface area contributed by atoms with Gasteiger partial charge in [-0.25, -0.2) is 8.42 Å². The van der Waals surface area contributed by atoms with Crippen molar-refractivity contribution < 1.29 is 17.9 Å². The van der Waals surface area contributed by atoms with E-state index in [0.29, 0.717) is 39.0 Å². The second kappa shape index (κ2) is 9.99. The summed E-state index contributed by atoms with van der Waals surface area (Å²) in [5.74, 6) is 0.667. The van der Waals surface area contributed by atoms with Crippen LogP contribution in [0.4, 0.5) is 11.4 Å². The molecule has 4 rings (SSSR count). The SMILES string of the molecule is Cc1cc(C(=O)Nc2cc(Cl)ccc2Oc2ccccc2)ccc1NS(=O)(=O)c1ccccc1. The van der Waals surface area contributed by atoms with Crippen LogP contribution in [-0.2, 0) is 10.0 Å². The molecule has 0 aliphatic carbocycles. The number of halogens is 1. The molecule has 4 aromatic rings. The van der Waals surface area contributed by atoms with Crippen LogP contribution in [-0.4, -0.2) is 14.3 Å². The van der Waals surface area contributed by atoms with E-state index in [1.54, 1.807) is 73.7 Å². The summed E-state index contributed by atoms with van der Waals surface area (Å²) in [5, 5.41) is 3.26. The van der Waals surface area contributed by atoms with Crippen molar-refractivity contribution in [2.24, 2.45) is 0 Å². The topological polar surface area (TPSA) is 84.5 Å². The summed E-state index contributed by atoms with van der Waals surface area (Å²) in [6.45, 7) is 1.73. The van der Waals surface area contributed by atoms with Gasteiger partial charge >= 0.3 is 0 Å². The minimum absolute atomic E-state index is 0.156. The maximum absolute atomic E-state index is 13.0. The number of aryl methyl sites for hydroxylation is 1. The number of nitrogens with one attached hydrogen (secondary N) is 2. The predicted octanol–water partition coefficient (Wildman–Crippen LogP) is 6.49. The van der Waals surface area contributed by atoms with Crippen LogP contribution in [0.3, 0.4) is 0 Å². The fraction of sp³-hybridized carbons (Fsp3) is 0.0385. The molecule has 6 nitrogen and oxygen atoms in total. The average molecular weight is 493 g/mol. The summed E-state index contributed by atoms with van der Waals surface area (Å²) in [6, 6.07) is 26.9. The summed E-state index contributed by atoms with van der Waals surface area (Å²) in [6.07, 6.45) is 0. The minimum Gasteiger partial charge on any atom is -0.455 e. The van der Waals surface area contributed by atoms with Crippen LogP contribution in [0.5, 0.6) is 11.5 Å². The van der Waals surface area contributed by atoms with Gasteiger partial charge in [-0.1, -0.05) is 48.0 Å². The molecule has 0 bridgehead atoms. The monoisotopic (exact) mass is 492 g/mol. The van der Waals surface area contributed by atoms with E-state index in [1.165, 1.54) is 12.1 Å². The Hall–Kier alpha value is -3.81. The van der Waals surface area contributed by atoms with Crippen molar-refractivity contribution >= 4 is 38.9 Å². The number of anilines is 2. The molecule has 4 aromatic carbocycles. The normalized spacial score (nSPS) is 11.0. The van der Waals surface area contributed by atoms with Gasteiger partial charge in [0.25, 0.3) is 15.9 Å². The second-order valence-electron chi connectivity index (χ2n) is 7.46. The predicted molar refractivity (Wildman–Crippen MR) is 134 cm³/mol. The number of rotatable bonds is 7. The Labute approximate surface area is 203 Å². The lowest BCUT2D eigenvalue weighted by molar-refractivity contribution is 0.102. The highest BCUT2D eigenvalue weighted by Gasteiger charge is 2.17. The van der Waals surface area contributed by atoms with Crippen molar-refractivity contribution in [3.63, 3.8) is 0 Å². The van der Waals surface area contributed by atoms with Crippen molar-refractivity contribution in [1.29, 1.82) is 0 Å². The molecule has 0 saturated heterocycles. The number of carbonyl (C=O) groups is 1. The largest absolute Gasteiger partial charge is 0.455 e. The molecule has 8 heteroatoms. The first kappa shape index (κ1) is 23.4. The van der Waals surface area contributed by atoms with Gasteiger partial charge in [-0.05, 0) is 73.2 Å². The third-order valence-electron chi connectivity index (χ3n) is 4.95. The zero-order valence-electron chi connectivity index (χ0n) is 18.2. The summed E-state index contributed by atoms with van der Waals surface area (Å²) in [7, 11) is -3.74. The first-order chi connectivity index (χ1) is 16.3. The molecule has 0 aliphatic rings. The van der Waals surface area contributed by atoms with Gasteiger partial charge in [-0.3, -0.25) is 9.52 Å². The van der Waals surface area contributed by atoms with E-state index in [-0.39, 0.29) is 10.8 Å². The first-order valence-electron chi connectivity index (χ1n) is 10.3. The van der Waals surface area contributed by atoms with Gasteiger partial charge in [-0.15, -0.1) is 0 Å². The fourth-order valence-electron chi connectivity index (χ4n) is 3.22. The summed E-state index contributed by atoms with van der Waals surface area (Å²) in [5.41, 5.74) is 1.74. The molecule has 0 aromatic heterocycles. The smallest absolute Gasteiger partial charge is 0.261 e. The van der Waals surface area contributed by atoms with Crippen molar-refractivity contribution in [2.75, 3.05) is 10.0 Å². The number of sulfonamides is 1. The van der Waals surface area contributed by atoms with Gasteiger partial charge in [0.15, 0.2) is 5.75 Å². The van der Waals surface area contributed by atoms with Crippen LogP contribution in [0.25, 0.3) is 0 Å². The molecule has 0 radical (unpaired) electrons. The molecule has 0 atom stereocenters. The Bertz CT molecular complexity index is 1430. The maximum Gasteiger partial charge on any atom is 0.261 e. The van der Waals surface area contributed by atoms with Crippen LogP contribution < -0.4 is 14.8 Å². The lowest BCUT2D eigenvalue weighted by atomic mass is 10.1. The third-order valence-corrected chi connectivity index (χ3v) is 6.56. The Morgan fingerprint density at radius 3 is 2.18 bits per heavy atom. The summed E-state index contributed by atoms with van der Waals surface area (Å²) >= 11 is 6.14. The minimum atomic E-state index is -3.74. The highest BCUT2D eigenvalue weighted by Crippen LogP contribution is 2.32. The highest BCUT2D eigenvalue weighted by atomic mass is 35.5. The molecule has 0 heterocycles. The van der Waals surface area contributed by atoms with Gasteiger partial charge in [0.2, 0.25) is 0 Å². The van der Waals surface area contributed by atoms with Crippen LogP contribution in [0.2, 0.25) is 5.02 Å². The second-order valence-corrected chi connectivity index (χ2v) is 9.58. The molecular formula is C26H21ClN2O4S. The van der Waals surface area contributed by atoms with E-state index >= 15 is 0 Å². The number of ether oxygens (including phenoxy) is 1. The molecular weight excluding hydrogens is 472 g/mol. The van der Waals surface area contributed by atoms with E-state index < -0.39 is 10.0 Å². The van der Waals surface area contributed by atoms with E-state index in [0.717, 1.165) is 0 Å². The maximum atomic E-state index is 13.0. The molecule has 0 unspecified atom stereocenters. The van der Waals surface area contributed by atoms with Gasteiger partial charge in [0.1, 0.15) is 5.75 Å². The fourth-order valence-corrected chi connectivity index (χ4v) is 4.55. The molecule has 0 spiro atoms. The third kappa shape index (κ3) is 5.57. The van der Waals surface area contributed by atoms with Gasteiger partial charge in [0, 0.05) is 10.6 Å². The molecule has 0 aliphatic heterocycles. The summed E-state index contributed by atoms with van der Waals surface area (Å²) in [4.78, 5) is 13.1. The van der Waals surface area contributed by atoms with E-state index in [4.69, 9.17) is 16.3 Å². The Balaban J connectivity index is 1.53. The summed E-state index contributed by atoms with van der Waals surface area (Å²) < 4.78 is 33.7. The first-order valence-corrected chi connectivity index (χ1v) is 12.2. The standard InChI is InChI=1S/C26H21ClN2O4S/c1-18-16-19(12-14-23(18)29-34(31,32)22-10-6-3-7-11-22)26(30)28-24-17-20(27)13-15-25(24)33-21-8-4-2-5-9-21/h2-17,29H,1H3,(H,28,30). The molecule has 0 saturated carbocycles. The van der Waals surface area contributed by atoms with Crippen molar-refractivity contribution in [1.82, 2.24) is 0 Å². The number of benzene rings is 4. The molecule has 2 N–H and O–H groups in total. The number of hydrogen-bond acceptors (Lipinski definition) is 4. The van der Waals surface area contributed by atoms with Crippen molar-refractivity contribution in [3.8, 4) is 11.5 Å². The van der Waals surface area contributed by atoms with E-state index in [1.807, 2.05) is 18.2 Å². The number of carbonyl (C=O) groups excluding carboxylic acids is 1. The number of hydrogen-bond donors (Lipinski definition) is 2. The van der Waals surface area contributed by atoms with E-state index in [9.17, 15) is 13.2 Å². The number of amides is 1. The van der Waals surface area contributed by atoms with Gasteiger partial charge in [-0.2, -0.15) is 0 Å². The van der Waals surface area contributed by atoms with Gasteiger partial charge in [0.05, 0.1) is 16.3 Å². The molecule has 172 valence electrons. The van der Waals surface area contributed by atoms with Crippen LogP contribution in [0, 0.1) is 6.92 Å². The zero-order valence-corrected chi connectivity index (χ0v) is 19.7. The Morgan fingerprint density at radius 2 is 1.50 bits per heavy atom. The molecule has 1 amide bonds. The van der Waals surface area contributed by atoms with Crippen molar-refractivity contribution in [3.05, 3.63) is 113 Å². The van der Waals surface area contributed by atoms with Crippen LogP contribution in [0.1, 0.15) is 15.9 Å². The Kier molecular flexibility index (Phi) is 6.86. The quantitative estimate of drug-likeness (QED) is 0.308.